The van der Waals surface area contributed by atoms with Crippen molar-refractivity contribution in [3.63, 3.8) is 0 Å². The molecule has 1 aliphatic rings. The van der Waals surface area contributed by atoms with E-state index in [2.05, 4.69) is 16.3 Å². The fourth-order valence-corrected chi connectivity index (χ4v) is 3.22. The van der Waals surface area contributed by atoms with Crippen molar-refractivity contribution in [3.8, 4) is 11.8 Å². The maximum absolute atomic E-state index is 12.4. The highest BCUT2D eigenvalue weighted by atomic mass is 16.5. The number of anilines is 1. The van der Waals surface area contributed by atoms with Crippen molar-refractivity contribution >= 4 is 11.6 Å². The van der Waals surface area contributed by atoms with Crippen LogP contribution in [0.3, 0.4) is 0 Å². The first-order chi connectivity index (χ1) is 12.7. The fourth-order valence-electron chi connectivity index (χ4n) is 3.22. The molecule has 0 radical (unpaired) electrons. The number of hydrogen-bond donors (Lipinski definition) is 1. The van der Waals surface area contributed by atoms with Gasteiger partial charge in [0.2, 0.25) is 5.91 Å². The van der Waals surface area contributed by atoms with E-state index < -0.39 is 0 Å². The van der Waals surface area contributed by atoms with E-state index in [9.17, 15) is 4.79 Å². The number of rotatable bonds is 5. The van der Waals surface area contributed by atoms with Gasteiger partial charge >= 0.3 is 0 Å². The van der Waals surface area contributed by atoms with Gasteiger partial charge < -0.3 is 15.0 Å². The number of nitrogens with zero attached hydrogens (tertiary/aromatic N) is 2. The predicted molar refractivity (Wildman–Crippen MR) is 101 cm³/mol. The first-order valence-corrected chi connectivity index (χ1v) is 8.85. The van der Waals surface area contributed by atoms with Gasteiger partial charge in [-0.25, -0.2) is 0 Å². The number of hydrogen-bond acceptors (Lipinski definition) is 4. The highest BCUT2D eigenvalue weighted by Crippen LogP contribution is 2.24. The Hall–Kier alpha value is -3.00. The Morgan fingerprint density at radius 1 is 1.15 bits per heavy atom. The smallest absolute Gasteiger partial charge is 0.223 e. The first-order valence-electron chi connectivity index (χ1n) is 8.85. The Kier molecular flexibility index (Phi) is 5.75. The monoisotopic (exact) mass is 349 g/mol. The Morgan fingerprint density at radius 2 is 1.81 bits per heavy atom. The quantitative estimate of drug-likeness (QED) is 0.901. The van der Waals surface area contributed by atoms with Crippen LogP contribution in [0.2, 0.25) is 0 Å². The number of carbonyl (C=O) groups excluding carboxylic acids is 1. The second-order valence-corrected chi connectivity index (χ2v) is 6.49. The zero-order chi connectivity index (χ0) is 18.4. The number of amides is 1. The van der Waals surface area contributed by atoms with Crippen LogP contribution in [0.4, 0.5) is 5.69 Å². The molecule has 0 unspecified atom stereocenters. The summed E-state index contributed by atoms with van der Waals surface area (Å²) < 4.78 is 5.14. The highest BCUT2D eigenvalue weighted by molar-refractivity contribution is 5.79. The van der Waals surface area contributed by atoms with E-state index in [1.165, 1.54) is 0 Å². The Morgan fingerprint density at radius 3 is 2.38 bits per heavy atom. The lowest BCUT2D eigenvalue weighted by Gasteiger charge is -2.33. The van der Waals surface area contributed by atoms with Crippen LogP contribution >= 0.6 is 0 Å². The third-order valence-corrected chi connectivity index (χ3v) is 4.85. The van der Waals surface area contributed by atoms with Crippen molar-refractivity contribution in [1.82, 2.24) is 5.32 Å². The maximum Gasteiger partial charge on any atom is 0.223 e. The van der Waals surface area contributed by atoms with Gasteiger partial charge in [0.25, 0.3) is 0 Å². The molecule has 2 aromatic carbocycles. The SMILES string of the molecule is COc1ccc(CNC(=O)C2CCN(c3ccc(C#N)cc3)CC2)cc1. The highest BCUT2D eigenvalue weighted by Gasteiger charge is 2.24. The molecule has 1 heterocycles. The van der Waals surface area contributed by atoms with Crippen LogP contribution in [-0.2, 0) is 11.3 Å². The average Bonchev–Trinajstić information content (AvgIpc) is 2.72. The topological polar surface area (TPSA) is 65.4 Å². The van der Waals surface area contributed by atoms with E-state index in [0.717, 1.165) is 42.9 Å². The summed E-state index contributed by atoms with van der Waals surface area (Å²) in [6.07, 6.45) is 1.68. The molecule has 2 aromatic rings. The van der Waals surface area contributed by atoms with Crippen molar-refractivity contribution in [3.05, 3.63) is 59.7 Å². The van der Waals surface area contributed by atoms with Gasteiger partial charge in [0.1, 0.15) is 5.75 Å². The van der Waals surface area contributed by atoms with E-state index in [4.69, 9.17) is 10.00 Å². The third-order valence-electron chi connectivity index (χ3n) is 4.85. The van der Waals surface area contributed by atoms with Crippen molar-refractivity contribution < 1.29 is 9.53 Å². The van der Waals surface area contributed by atoms with Crippen molar-refractivity contribution in [2.75, 3.05) is 25.1 Å². The molecule has 26 heavy (non-hydrogen) atoms. The Balaban J connectivity index is 1.47. The van der Waals surface area contributed by atoms with Crippen LogP contribution in [0.5, 0.6) is 5.75 Å². The first kappa shape index (κ1) is 17.8. The molecule has 0 atom stereocenters. The van der Waals surface area contributed by atoms with E-state index in [0.29, 0.717) is 12.1 Å². The van der Waals surface area contributed by atoms with Crippen molar-refractivity contribution in [2.24, 2.45) is 5.92 Å². The molecule has 1 aliphatic heterocycles. The van der Waals surface area contributed by atoms with Gasteiger partial charge in [-0.1, -0.05) is 12.1 Å². The molecule has 1 fully saturated rings. The van der Waals surface area contributed by atoms with Gasteiger partial charge in [-0.3, -0.25) is 4.79 Å². The number of benzene rings is 2. The standard InChI is InChI=1S/C21H23N3O2/c1-26-20-8-4-17(5-9-20)15-23-21(25)18-10-12-24(13-11-18)19-6-2-16(14-22)3-7-19/h2-9,18H,10-13,15H2,1H3,(H,23,25). The van der Waals surface area contributed by atoms with Crippen molar-refractivity contribution in [2.45, 2.75) is 19.4 Å². The molecule has 5 nitrogen and oxygen atoms in total. The zero-order valence-electron chi connectivity index (χ0n) is 14.9. The van der Waals surface area contributed by atoms with E-state index in [-0.39, 0.29) is 11.8 Å². The molecule has 0 spiro atoms. The molecule has 134 valence electrons. The van der Waals surface area contributed by atoms with E-state index in [1.54, 1.807) is 7.11 Å². The van der Waals surface area contributed by atoms with Crippen LogP contribution in [0, 0.1) is 17.2 Å². The molecule has 1 saturated heterocycles. The molecule has 1 N–H and O–H groups in total. The zero-order valence-corrected chi connectivity index (χ0v) is 14.9. The largest absolute Gasteiger partial charge is 0.497 e. The number of nitriles is 1. The molecule has 0 bridgehead atoms. The van der Waals surface area contributed by atoms with Gasteiger partial charge in [-0.15, -0.1) is 0 Å². The molecule has 3 rings (SSSR count). The molecule has 0 aromatic heterocycles. The molecular weight excluding hydrogens is 326 g/mol. The van der Waals surface area contributed by atoms with Crippen LogP contribution in [0.25, 0.3) is 0 Å². The lowest BCUT2D eigenvalue weighted by molar-refractivity contribution is -0.125. The maximum atomic E-state index is 12.4. The summed E-state index contributed by atoms with van der Waals surface area (Å²) in [4.78, 5) is 14.7. The summed E-state index contributed by atoms with van der Waals surface area (Å²) in [6.45, 7) is 2.25. The average molecular weight is 349 g/mol. The summed E-state index contributed by atoms with van der Waals surface area (Å²) in [5, 5.41) is 11.9. The minimum absolute atomic E-state index is 0.0582. The lowest BCUT2D eigenvalue weighted by Crippen LogP contribution is -2.40. The van der Waals surface area contributed by atoms with Crippen LogP contribution < -0.4 is 15.0 Å². The summed E-state index contributed by atoms with van der Waals surface area (Å²) in [6, 6.07) is 17.5. The van der Waals surface area contributed by atoms with E-state index >= 15 is 0 Å². The minimum atomic E-state index is 0.0582. The van der Waals surface area contributed by atoms with Gasteiger partial charge in [-0.05, 0) is 54.8 Å². The summed E-state index contributed by atoms with van der Waals surface area (Å²) in [5.74, 6) is 0.999. The van der Waals surface area contributed by atoms with Gasteiger partial charge in [0, 0.05) is 31.2 Å². The minimum Gasteiger partial charge on any atom is -0.497 e. The van der Waals surface area contributed by atoms with Crippen LogP contribution in [0.1, 0.15) is 24.0 Å². The Labute approximate surface area is 154 Å². The molecular formula is C21H23N3O2. The number of carbonyl (C=O) groups is 1. The van der Waals surface area contributed by atoms with Gasteiger partial charge in [-0.2, -0.15) is 5.26 Å². The summed E-state index contributed by atoms with van der Waals surface area (Å²) >= 11 is 0. The number of piperidine rings is 1. The van der Waals surface area contributed by atoms with Gasteiger partial charge in [0.05, 0.1) is 18.7 Å². The number of nitrogens with one attached hydrogen (secondary N) is 1. The number of ether oxygens (including phenoxy) is 1. The second-order valence-electron chi connectivity index (χ2n) is 6.49. The third kappa shape index (κ3) is 4.34. The lowest BCUT2D eigenvalue weighted by atomic mass is 9.95. The van der Waals surface area contributed by atoms with E-state index in [1.807, 2.05) is 48.5 Å². The molecule has 0 saturated carbocycles. The molecule has 1 amide bonds. The normalized spacial score (nSPS) is 14.5. The number of methoxy groups -OCH3 is 1. The van der Waals surface area contributed by atoms with Crippen molar-refractivity contribution in [1.29, 1.82) is 5.26 Å². The van der Waals surface area contributed by atoms with Crippen LogP contribution in [0.15, 0.2) is 48.5 Å². The van der Waals surface area contributed by atoms with Gasteiger partial charge in [0.15, 0.2) is 0 Å². The fraction of sp³-hybridized carbons (Fsp3) is 0.333. The Bertz CT molecular complexity index is 770. The summed E-state index contributed by atoms with van der Waals surface area (Å²) in [7, 11) is 1.64. The molecule has 0 aliphatic carbocycles. The van der Waals surface area contributed by atoms with Crippen LogP contribution in [-0.4, -0.2) is 26.1 Å². The second kappa shape index (κ2) is 8.39. The molecule has 5 heteroatoms. The summed E-state index contributed by atoms with van der Waals surface area (Å²) in [5.41, 5.74) is 2.84. The predicted octanol–water partition coefficient (Wildman–Crippen LogP) is 3.10.